The Morgan fingerprint density at radius 1 is 1.25 bits per heavy atom. The third-order valence-corrected chi connectivity index (χ3v) is 3.96. The first kappa shape index (κ1) is 14.9. The van der Waals surface area contributed by atoms with E-state index < -0.39 is 0 Å². The summed E-state index contributed by atoms with van der Waals surface area (Å²) in [6.45, 7) is 2.99. The molecule has 0 aliphatic carbocycles. The predicted molar refractivity (Wildman–Crippen MR) is 86.5 cm³/mol. The molecule has 0 bridgehead atoms. The van der Waals surface area contributed by atoms with Crippen molar-refractivity contribution in [2.45, 2.75) is 19.3 Å². The molecule has 0 heterocycles. The van der Waals surface area contributed by atoms with E-state index in [0.717, 1.165) is 18.7 Å². The highest BCUT2D eigenvalue weighted by Gasteiger charge is 2.07. The lowest BCUT2D eigenvalue weighted by Crippen LogP contribution is -2.08. The Labute approximate surface area is 127 Å². The zero-order valence-electron chi connectivity index (χ0n) is 11.4. The van der Waals surface area contributed by atoms with Crippen molar-refractivity contribution < 1.29 is 4.39 Å². The summed E-state index contributed by atoms with van der Waals surface area (Å²) in [6, 6.07) is 13.4. The van der Waals surface area contributed by atoms with Gasteiger partial charge in [0.15, 0.2) is 0 Å². The van der Waals surface area contributed by atoms with Gasteiger partial charge in [0.25, 0.3) is 0 Å². The number of halogens is 2. The SMILES string of the molecule is CC(CCNc1cc(Br)c(F)cc1N)c1ccccc1. The lowest BCUT2D eigenvalue weighted by Gasteiger charge is -2.14. The van der Waals surface area contributed by atoms with Gasteiger partial charge in [-0.3, -0.25) is 0 Å². The summed E-state index contributed by atoms with van der Waals surface area (Å²) < 4.78 is 13.7. The van der Waals surface area contributed by atoms with Gasteiger partial charge in [-0.05, 0) is 39.9 Å². The predicted octanol–water partition coefficient (Wildman–Crippen LogP) is 4.78. The second-order valence-electron chi connectivity index (χ2n) is 4.88. The minimum atomic E-state index is -0.342. The summed E-state index contributed by atoms with van der Waals surface area (Å²) in [5.41, 5.74) is 8.31. The molecule has 0 spiro atoms. The van der Waals surface area contributed by atoms with E-state index in [9.17, 15) is 4.39 Å². The zero-order chi connectivity index (χ0) is 14.5. The van der Waals surface area contributed by atoms with Gasteiger partial charge in [0.1, 0.15) is 5.82 Å². The lowest BCUT2D eigenvalue weighted by molar-refractivity contribution is 0.622. The number of nitrogens with one attached hydrogen (secondary N) is 1. The van der Waals surface area contributed by atoms with Crippen molar-refractivity contribution in [3.8, 4) is 0 Å². The molecule has 1 unspecified atom stereocenters. The van der Waals surface area contributed by atoms with Crippen molar-refractivity contribution in [2.75, 3.05) is 17.6 Å². The first-order valence-corrected chi connectivity index (χ1v) is 7.40. The summed E-state index contributed by atoms with van der Waals surface area (Å²) >= 11 is 3.17. The number of rotatable bonds is 5. The fraction of sp³-hybridized carbons (Fsp3) is 0.250. The average molecular weight is 337 g/mol. The Morgan fingerprint density at radius 2 is 1.95 bits per heavy atom. The highest BCUT2D eigenvalue weighted by Crippen LogP contribution is 2.27. The van der Waals surface area contributed by atoms with E-state index in [1.165, 1.54) is 11.6 Å². The Hall–Kier alpha value is -1.55. The van der Waals surface area contributed by atoms with E-state index in [-0.39, 0.29) is 5.82 Å². The van der Waals surface area contributed by atoms with Gasteiger partial charge < -0.3 is 11.1 Å². The maximum Gasteiger partial charge on any atom is 0.139 e. The van der Waals surface area contributed by atoms with Gasteiger partial charge in [0, 0.05) is 12.6 Å². The Kier molecular flexibility index (Phi) is 5.01. The topological polar surface area (TPSA) is 38.0 Å². The van der Waals surface area contributed by atoms with Crippen LogP contribution >= 0.6 is 15.9 Å². The fourth-order valence-electron chi connectivity index (χ4n) is 2.09. The lowest BCUT2D eigenvalue weighted by atomic mass is 9.98. The fourth-order valence-corrected chi connectivity index (χ4v) is 2.43. The second kappa shape index (κ2) is 6.75. The highest BCUT2D eigenvalue weighted by molar-refractivity contribution is 9.10. The highest BCUT2D eigenvalue weighted by atomic mass is 79.9. The van der Waals surface area contributed by atoms with Crippen LogP contribution in [0.2, 0.25) is 0 Å². The van der Waals surface area contributed by atoms with Gasteiger partial charge in [-0.2, -0.15) is 0 Å². The molecule has 2 aromatic rings. The molecule has 0 aromatic heterocycles. The van der Waals surface area contributed by atoms with Gasteiger partial charge >= 0.3 is 0 Å². The molecule has 0 radical (unpaired) electrons. The standard InChI is InChI=1S/C16H18BrFN2/c1-11(12-5-3-2-4-6-12)7-8-20-16-9-13(17)14(18)10-15(16)19/h2-6,9-11,20H,7-8,19H2,1H3. The minimum absolute atomic E-state index is 0.342. The van der Waals surface area contributed by atoms with E-state index in [4.69, 9.17) is 5.73 Å². The van der Waals surface area contributed by atoms with Crippen LogP contribution in [-0.2, 0) is 0 Å². The molecule has 4 heteroatoms. The molecule has 0 amide bonds. The molecule has 0 fully saturated rings. The smallest absolute Gasteiger partial charge is 0.139 e. The van der Waals surface area contributed by atoms with E-state index in [0.29, 0.717) is 16.1 Å². The van der Waals surface area contributed by atoms with Gasteiger partial charge in [-0.25, -0.2) is 4.39 Å². The summed E-state index contributed by atoms with van der Waals surface area (Å²) in [5, 5.41) is 3.26. The second-order valence-corrected chi connectivity index (χ2v) is 5.74. The molecule has 3 N–H and O–H groups in total. The number of nitrogen functional groups attached to an aromatic ring is 1. The van der Waals surface area contributed by atoms with Crippen molar-refractivity contribution in [3.63, 3.8) is 0 Å². The maximum atomic E-state index is 13.3. The molecule has 0 saturated carbocycles. The van der Waals surface area contributed by atoms with Gasteiger partial charge in [0.05, 0.1) is 15.8 Å². The summed E-state index contributed by atoms with van der Waals surface area (Å²) in [7, 11) is 0. The number of hydrogen-bond donors (Lipinski definition) is 2. The first-order valence-electron chi connectivity index (χ1n) is 6.61. The maximum absolute atomic E-state index is 13.3. The summed E-state index contributed by atoms with van der Waals surface area (Å²) in [6.07, 6.45) is 0.985. The number of benzene rings is 2. The third kappa shape index (κ3) is 3.73. The number of hydrogen-bond acceptors (Lipinski definition) is 2. The van der Waals surface area contributed by atoms with Gasteiger partial charge in [-0.1, -0.05) is 37.3 Å². The van der Waals surface area contributed by atoms with Crippen LogP contribution in [-0.4, -0.2) is 6.54 Å². The van der Waals surface area contributed by atoms with Crippen molar-refractivity contribution in [3.05, 3.63) is 58.3 Å². The summed E-state index contributed by atoms with van der Waals surface area (Å²) in [4.78, 5) is 0. The van der Waals surface area contributed by atoms with Crippen LogP contribution in [0, 0.1) is 5.82 Å². The minimum Gasteiger partial charge on any atom is -0.397 e. The van der Waals surface area contributed by atoms with Crippen molar-refractivity contribution in [1.29, 1.82) is 0 Å². The largest absolute Gasteiger partial charge is 0.397 e. The quantitative estimate of drug-likeness (QED) is 0.771. The van der Waals surface area contributed by atoms with Gasteiger partial charge in [-0.15, -0.1) is 0 Å². The van der Waals surface area contributed by atoms with Crippen LogP contribution in [0.15, 0.2) is 46.9 Å². The molecule has 106 valence electrons. The molecule has 2 aromatic carbocycles. The van der Waals surface area contributed by atoms with Crippen molar-refractivity contribution in [1.82, 2.24) is 0 Å². The van der Waals surface area contributed by atoms with Crippen LogP contribution < -0.4 is 11.1 Å². The number of anilines is 2. The third-order valence-electron chi connectivity index (χ3n) is 3.35. The Balaban J connectivity index is 1.92. The van der Waals surface area contributed by atoms with Crippen LogP contribution in [0.3, 0.4) is 0 Å². The molecule has 20 heavy (non-hydrogen) atoms. The van der Waals surface area contributed by atoms with Crippen molar-refractivity contribution in [2.24, 2.45) is 0 Å². The molecular weight excluding hydrogens is 319 g/mol. The molecule has 2 nitrogen and oxygen atoms in total. The molecule has 1 atom stereocenters. The Morgan fingerprint density at radius 3 is 2.65 bits per heavy atom. The first-order chi connectivity index (χ1) is 9.58. The van der Waals surface area contributed by atoms with Crippen LogP contribution in [0.1, 0.15) is 24.8 Å². The van der Waals surface area contributed by atoms with E-state index in [1.54, 1.807) is 6.07 Å². The van der Waals surface area contributed by atoms with Crippen LogP contribution in [0.5, 0.6) is 0 Å². The average Bonchev–Trinajstić information content (AvgIpc) is 2.45. The molecule has 2 rings (SSSR count). The monoisotopic (exact) mass is 336 g/mol. The molecule has 0 aliphatic heterocycles. The van der Waals surface area contributed by atoms with Gasteiger partial charge in [0.2, 0.25) is 0 Å². The summed E-state index contributed by atoms with van der Waals surface area (Å²) in [5.74, 6) is 0.125. The normalized spacial score (nSPS) is 12.2. The van der Waals surface area contributed by atoms with Crippen LogP contribution in [0.25, 0.3) is 0 Å². The number of nitrogens with two attached hydrogens (primary N) is 1. The van der Waals surface area contributed by atoms with E-state index in [2.05, 4.69) is 40.3 Å². The molecule has 0 aliphatic rings. The zero-order valence-corrected chi connectivity index (χ0v) is 13.0. The van der Waals surface area contributed by atoms with E-state index in [1.807, 2.05) is 18.2 Å². The van der Waals surface area contributed by atoms with Crippen molar-refractivity contribution >= 4 is 27.3 Å². The Bertz CT molecular complexity index is 572. The molecule has 0 saturated heterocycles. The van der Waals surface area contributed by atoms with Crippen LogP contribution in [0.4, 0.5) is 15.8 Å². The molecular formula is C16H18BrFN2. The van der Waals surface area contributed by atoms with E-state index >= 15 is 0 Å².